The van der Waals surface area contributed by atoms with Crippen molar-refractivity contribution in [3.63, 3.8) is 0 Å². The minimum Gasteiger partial charge on any atom is -0.472 e. The van der Waals surface area contributed by atoms with Gasteiger partial charge >= 0.3 is 6.18 Å². The normalized spacial score (nSPS) is 16.7. The second kappa shape index (κ2) is 8.07. The second-order valence-electron chi connectivity index (χ2n) is 7.11. The molecule has 2 N–H and O–H groups in total. The fourth-order valence-electron chi connectivity index (χ4n) is 3.54. The largest absolute Gasteiger partial charge is 0.472 e. The lowest BCUT2D eigenvalue weighted by atomic mass is 10.0. The van der Waals surface area contributed by atoms with Crippen LogP contribution in [0.3, 0.4) is 0 Å². The first-order chi connectivity index (χ1) is 14.3. The van der Waals surface area contributed by atoms with Crippen molar-refractivity contribution in [3.05, 3.63) is 71.4 Å². The number of nitrogen functional groups attached to an aromatic ring is 1. The van der Waals surface area contributed by atoms with Crippen LogP contribution in [0.2, 0.25) is 5.02 Å². The Morgan fingerprint density at radius 1 is 1.10 bits per heavy atom. The molecule has 1 unspecified atom stereocenters. The molecule has 1 aliphatic rings. The summed E-state index contributed by atoms with van der Waals surface area (Å²) in [5.41, 5.74) is 8.86. The molecule has 1 fully saturated rings. The number of nitrogens with zero attached hydrogens (tertiary/aromatic N) is 2. The zero-order valence-electron chi connectivity index (χ0n) is 15.9. The molecule has 0 radical (unpaired) electrons. The lowest BCUT2D eigenvalue weighted by molar-refractivity contribution is -0.137. The van der Waals surface area contributed by atoms with Gasteiger partial charge in [-0.05, 0) is 29.8 Å². The summed E-state index contributed by atoms with van der Waals surface area (Å²) in [5, 5.41) is 0.656. The van der Waals surface area contributed by atoms with Gasteiger partial charge in [-0.25, -0.2) is 4.98 Å². The number of alkyl halides is 3. The number of hydrogen-bond acceptors (Lipinski definition) is 4. The number of halogens is 4. The molecule has 0 aliphatic carbocycles. The maximum Gasteiger partial charge on any atom is 0.417 e. The molecule has 8 heteroatoms. The van der Waals surface area contributed by atoms with Gasteiger partial charge in [-0.3, -0.25) is 0 Å². The molecule has 30 heavy (non-hydrogen) atoms. The van der Waals surface area contributed by atoms with Crippen molar-refractivity contribution in [3.8, 4) is 17.0 Å². The van der Waals surface area contributed by atoms with Gasteiger partial charge in [0, 0.05) is 35.8 Å². The van der Waals surface area contributed by atoms with E-state index in [4.69, 9.17) is 22.1 Å². The predicted octanol–water partition coefficient (Wildman–Crippen LogP) is 5.66. The van der Waals surface area contributed by atoms with E-state index in [9.17, 15) is 13.2 Å². The second-order valence-corrected chi connectivity index (χ2v) is 7.52. The highest BCUT2D eigenvalue weighted by Gasteiger charge is 2.31. The summed E-state index contributed by atoms with van der Waals surface area (Å²) in [5.74, 6) is 0.178. The van der Waals surface area contributed by atoms with Crippen LogP contribution in [0.4, 0.5) is 24.5 Å². The quantitative estimate of drug-likeness (QED) is 0.539. The molecule has 2 aromatic carbocycles. The van der Waals surface area contributed by atoms with Crippen LogP contribution in [0.25, 0.3) is 11.1 Å². The van der Waals surface area contributed by atoms with Gasteiger partial charge in [-0.15, -0.1) is 0 Å². The molecule has 1 aliphatic heterocycles. The smallest absolute Gasteiger partial charge is 0.417 e. The number of hydrogen-bond donors (Lipinski definition) is 1. The molecule has 2 heterocycles. The number of aromatic nitrogens is 1. The minimum atomic E-state index is -4.41. The van der Waals surface area contributed by atoms with Gasteiger partial charge < -0.3 is 15.4 Å². The average Bonchev–Trinajstić information content (AvgIpc) is 3.16. The van der Waals surface area contributed by atoms with Crippen LogP contribution in [0.15, 0.2) is 60.8 Å². The van der Waals surface area contributed by atoms with Crippen LogP contribution in [0, 0.1) is 0 Å². The van der Waals surface area contributed by atoms with Gasteiger partial charge in [-0.2, -0.15) is 13.2 Å². The Hall–Kier alpha value is -2.93. The third kappa shape index (κ3) is 4.31. The first-order valence-electron chi connectivity index (χ1n) is 9.40. The number of anilines is 2. The van der Waals surface area contributed by atoms with E-state index in [1.807, 2.05) is 42.5 Å². The van der Waals surface area contributed by atoms with E-state index < -0.39 is 11.7 Å². The molecule has 0 bridgehead atoms. The highest BCUT2D eigenvalue weighted by molar-refractivity contribution is 6.33. The third-order valence-electron chi connectivity index (χ3n) is 5.05. The zero-order chi connectivity index (χ0) is 21.3. The van der Waals surface area contributed by atoms with Crippen LogP contribution in [-0.4, -0.2) is 24.2 Å². The lowest BCUT2D eigenvalue weighted by Gasteiger charge is -2.21. The van der Waals surface area contributed by atoms with Gasteiger partial charge in [0.25, 0.3) is 0 Å². The fourth-order valence-corrected chi connectivity index (χ4v) is 3.78. The summed E-state index contributed by atoms with van der Waals surface area (Å²) >= 11 is 6.27. The SMILES string of the molecule is Nc1cc(-c2ccccc2Cl)ccc1N1CCC(Oc2ccc(C(F)(F)F)cn2)C1. The summed E-state index contributed by atoms with van der Waals surface area (Å²) in [6.07, 6.45) is -3.09. The standard InChI is InChI=1S/C22H19ClF3N3O/c23-18-4-2-1-3-17(18)14-5-7-20(19(27)11-14)29-10-9-16(13-29)30-21-8-6-15(12-28-21)22(24,25)26/h1-8,11-12,16H,9-10,13,27H2. The van der Waals surface area contributed by atoms with Gasteiger partial charge in [0.1, 0.15) is 6.10 Å². The number of rotatable bonds is 4. The minimum absolute atomic E-state index is 0.178. The molecular formula is C22H19ClF3N3O. The summed E-state index contributed by atoms with van der Waals surface area (Å²) in [7, 11) is 0. The molecular weight excluding hydrogens is 415 g/mol. The zero-order valence-corrected chi connectivity index (χ0v) is 16.6. The first-order valence-corrected chi connectivity index (χ1v) is 9.78. The van der Waals surface area contributed by atoms with Crippen molar-refractivity contribution in [2.75, 3.05) is 23.7 Å². The molecule has 1 saturated heterocycles. The molecule has 0 spiro atoms. The van der Waals surface area contributed by atoms with Crippen molar-refractivity contribution < 1.29 is 17.9 Å². The Balaban J connectivity index is 1.44. The van der Waals surface area contributed by atoms with Gasteiger partial charge in [0.2, 0.25) is 5.88 Å². The molecule has 1 atom stereocenters. The highest BCUT2D eigenvalue weighted by atomic mass is 35.5. The molecule has 4 nitrogen and oxygen atoms in total. The van der Waals surface area contributed by atoms with Gasteiger partial charge in [-0.1, -0.05) is 35.9 Å². The van der Waals surface area contributed by atoms with E-state index >= 15 is 0 Å². The van der Waals surface area contributed by atoms with E-state index in [0.717, 1.165) is 35.6 Å². The van der Waals surface area contributed by atoms with Crippen LogP contribution in [0.1, 0.15) is 12.0 Å². The van der Waals surface area contributed by atoms with Crippen LogP contribution in [-0.2, 0) is 6.18 Å². The van der Waals surface area contributed by atoms with Gasteiger partial charge in [0.05, 0.1) is 23.5 Å². The molecule has 1 aromatic heterocycles. The predicted molar refractivity (Wildman–Crippen MR) is 112 cm³/mol. The van der Waals surface area contributed by atoms with E-state index in [1.54, 1.807) is 0 Å². The Kier molecular flexibility index (Phi) is 5.47. The summed E-state index contributed by atoms with van der Waals surface area (Å²) < 4.78 is 43.7. The van der Waals surface area contributed by atoms with Crippen LogP contribution in [0.5, 0.6) is 5.88 Å². The highest BCUT2D eigenvalue weighted by Crippen LogP contribution is 2.35. The first kappa shape index (κ1) is 20.3. The Morgan fingerprint density at radius 2 is 1.90 bits per heavy atom. The van der Waals surface area contributed by atoms with E-state index in [0.29, 0.717) is 23.7 Å². The van der Waals surface area contributed by atoms with Crippen molar-refractivity contribution >= 4 is 23.0 Å². The number of nitrogens with two attached hydrogens (primary N) is 1. The van der Waals surface area contributed by atoms with Crippen molar-refractivity contribution in [1.82, 2.24) is 4.98 Å². The van der Waals surface area contributed by atoms with E-state index in [-0.39, 0.29) is 12.0 Å². The lowest BCUT2D eigenvalue weighted by Crippen LogP contribution is -2.25. The fraction of sp³-hybridized carbons (Fsp3) is 0.227. The summed E-state index contributed by atoms with van der Waals surface area (Å²) in [4.78, 5) is 5.88. The van der Waals surface area contributed by atoms with E-state index in [1.165, 1.54) is 6.07 Å². The molecule has 0 amide bonds. The Labute approximate surface area is 177 Å². The van der Waals surface area contributed by atoms with Crippen LogP contribution < -0.4 is 15.4 Å². The molecule has 3 aromatic rings. The van der Waals surface area contributed by atoms with Crippen molar-refractivity contribution in [1.29, 1.82) is 0 Å². The topological polar surface area (TPSA) is 51.4 Å². The average molecular weight is 434 g/mol. The number of benzene rings is 2. The van der Waals surface area contributed by atoms with Gasteiger partial charge in [0.15, 0.2) is 0 Å². The van der Waals surface area contributed by atoms with E-state index in [2.05, 4.69) is 9.88 Å². The van der Waals surface area contributed by atoms with Crippen LogP contribution >= 0.6 is 11.6 Å². The van der Waals surface area contributed by atoms with Crippen molar-refractivity contribution in [2.45, 2.75) is 18.7 Å². The summed E-state index contributed by atoms with van der Waals surface area (Å²) in [6.45, 7) is 1.29. The molecule has 156 valence electrons. The van der Waals surface area contributed by atoms with Crippen molar-refractivity contribution in [2.24, 2.45) is 0 Å². The Bertz CT molecular complexity index is 1040. The molecule has 4 rings (SSSR count). The maximum atomic E-state index is 12.7. The molecule has 0 saturated carbocycles. The number of ether oxygens (including phenoxy) is 1. The third-order valence-corrected chi connectivity index (χ3v) is 5.38. The number of pyridine rings is 1. The Morgan fingerprint density at radius 3 is 2.57 bits per heavy atom. The maximum absolute atomic E-state index is 12.7. The summed E-state index contributed by atoms with van der Waals surface area (Å²) in [6, 6.07) is 15.6. The monoisotopic (exact) mass is 433 g/mol.